The van der Waals surface area contributed by atoms with Gasteiger partial charge in [0.1, 0.15) is 6.54 Å². The monoisotopic (exact) mass is 426 g/mol. The number of para-hydroxylation sites is 1. The van der Waals surface area contributed by atoms with Crippen molar-refractivity contribution in [3.8, 4) is 0 Å². The molecule has 1 aromatic carbocycles. The van der Waals surface area contributed by atoms with E-state index < -0.39 is 11.9 Å². The van der Waals surface area contributed by atoms with Crippen LogP contribution in [0.5, 0.6) is 0 Å². The van der Waals surface area contributed by atoms with Crippen molar-refractivity contribution in [3.63, 3.8) is 0 Å². The van der Waals surface area contributed by atoms with E-state index in [-0.39, 0.29) is 24.3 Å². The molecular formula is C21H22N4O4S. The summed E-state index contributed by atoms with van der Waals surface area (Å²) in [5.74, 6) is -0.405. The lowest BCUT2D eigenvalue weighted by Gasteiger charge is -2.17. The smallest absolute Gasteiger partial charge is 0.340 e. The second-order valence-electron chi connectivity index (χ2n) is 7.40. The van der Waals surface area contributed by atoms with Gasteiger partial charge in [0.25, 0.3) is 5.56 Å². The van der Waals surface area contributed by atoms with Crippen LogP contribution in [0, 0.1) is 5.92 Å². The Balaban J connectivity index is 1.58. The molecule has 0 saturated heterocycles. The lowest BCUT2D eigenvalue weighted by molar-refractivity contribution is -0.117. The number of esters is 1. The average molecular weight is 426 g/mol. The Bertz CT molecular complexity index is 1180. The van der Waals surface area contributed by atoms with Gasteiger partial charge in [-0.3, -0.25) is 9.59 Å². The van der Waals surface area contributed by atoms with Crippen LogP contribution in [0.25, 0.3) is 10.2 Å². The third-order valence-electron chi connectivity index (χ3n) is 5.17. The van der Waals surface area contributed by atoms with Gasteiger partial charge in [0.2, 0.25) is 5.91 Å². The Morgan fingerprint density at radius 2 is 2.13 bits per heavy atom. The fourth-order valence-corrected chi connectivity index (χ4v) is 5.02. The van der Waals surface area contributed by atoms with Gasteiger partial charge in [-0.1, -0.05) is 24.3 Å². The predicted molar refractivity (Wildman–Crippen MR) is 114 cm³/mol. The zero-order valence-corrected chi connectivity index (χ0v) is 17.6. The van der Waals surface area contributed by atoms with Crippen molar-refractivity contribution in [2.45, 2.75) is 39.7 Å². The number of anilines is 1. The van der Waals surface area contributed by atoms with Gasteiger partial charge in [-0.05, 0) is 49.8 Å². The Morgan fingerprint density at radius 1 is 1.33 bits per heavy atom. The summed E-state index contributed by atoms with van der Waals surface area (Å²) in [7, 11) is 0. The number of thiophene rings is 1. The molecule has 0 bridgehead atoms. The van der Waals surface area contributed by atoms with E-state index >= 15 is 0 Å². The Kier molecular flexibility index (Phi) is 5.63. The molecule has 1 amide bonds. The number of carbonyl (C=O) groups excluding carboxylic acids is 2. The summed E-state index contributed by atoms with van der Waals surface area (Å²) in [6.45, 7) is 3.86. The molecule has 1 N–H and O–H groups in total. The minimum Gasteiger partial charge on any atom is -0.462 e. The maximum absolute atomic E-state index is 13.0. The lowest BCUT2D eigenvalue weighted by atomic mass is 9.89. The molecule has 1 aliphatic rings. The van der Waals surface area contributed by atoms with E-state index in [2.05, 4.69) is 22.6 Å². The number of nitrogens with zero attached hydrogens (tertiary/aromatic N) is 3. The number of amides is 1. The van der Waals surface area contributed by atoms with Crippen molar-refractivity contribution in [2.75, 3.05) is 11.9 Å². The highest BCUT2D eigenvalue weighted by Crippen LogP contribution is 2.35. The minimum absolute atomic E-state index is 0.232. The molecule has 3 aromatic rings. The largest absolute Gasteiger partial charge is 0.462 e. The average Bonchev–Trinajstić information content (AvgIpc) is 3.09. The Labute approximate surface area is 176 Å². The van der Waals surface area contributed by atoms with Crippen molar-refractivity contribution in [1.29, 1.82) is 0 Å². The number of carbonyl (C=O) groups is 2. The first-order chi connectivity index (χ1) is 14.5. The number of ether oxygens (including phenoxy) is 1. The van der Waals surface area contributed by atoms with Crippen LogP contribution in [0.3, 0.4) is 0 Å². The summed E-state index contributed by atoms with van der Waals surface area (Å²) >= 11 is 1.52. The van der Waals surface area contributed by atoms with Crippen molar-refractivity contribution in [3.05, 3.63) is 50.6 Å². The molecule has 156 valence electrons. The molecule has 0 saturated carbocycles. The van der Waals surface area contributed by atoms with E-state index in [1.807, 2.05) is 0 Å². The number of hydrogen-bond acceptors (Lipinski definition) is 7. The maximum Gasteiger partial charge on any atom is 0.340 e. The molecule has 1 unspecified atom stereocenters. The summed E-state index contributed by atoms with van der Waals surface area (Å²) in [6.07, 6.45) is 2.82. The van der Waals surface area contributed by atoms with E-state index in [1.54, 1.807) is 31.2 Å². The summed E-state index contributed by atoms with van der Waals surface area (Å²) < 4.78 is 6.10. The molecule has 4 rings (SSSR count). The van der Waals surface area contributed by atoms with Gasteiger partial charge in [0.05, 0.1) is 23.2 Å². The summed E-state index contributed by atoms with van der Waals surface area (Å²) in [6, 6.07) is 6.57. The maximum atomic E-state index is 13.0. The fourth-order valence-electron chi connectivity index (χ4n) is 3.70. The molecule has 0 radical (unpaired) electrons. The molecule has 0 spiro atoms. The molecule has 30 heavy (non-hydrogen) atoms. The molecular weight excluding hydrogens is 404 g/mol. The molecule has 8 nitrogen and oxygen atoms in total. The van der Waals surface area contributed by atoms with E-state index in [0.29, 0.717) is 21.8 Å². The quantitative estimate of drug-likeness (QED) is 0.629. The van der Waals surface area contributed by atoms with Crippen LogP contribution in [-0.2, 0) is 28.9 Å². The standard InChI is InChI=1S/C21H22N4O4S/c1-3-29-21(28)13-6-4-5-7-15(13)22-17(26)11-25-20(27)18-14-9-8-12(2)10-16(14)30-19(18)23-24-25/h4-7,12H,3,8-11H2,1-2H3,(H,22,26). The Hall–Kier alpha value is -3.07. The number of hydrogen-bond donors (Lipinski definition) is 1. The summed E-state index contributed by atoms with van der Waals surface area (Å²) in [5.41, 5.74) is 1.32. The van der Waals surface area contributed by atoms with E-state index in [9.17, 15) is 14.4 Å². The second-order valence-corrected chi connectivity index (χ2v) is 8.48. The molecule has 0 fully saturated rings. The number of nitrogens with one attached hydrogen (secondary N) is 1. The highest BCUT2D eigenvalue weighted by molar-refractivity contribution is 7.18. The van der Waals surface area contributed by atoms with Crippen molar-refractivity contribution < 1.29 is 14.3 Å². The number of aryl methyl sites for hydroxylation is 1. The molecule has 2 heterocycles. The highest BCUT2D eigenvalue weighted by atomic mass is 32.1. The van der Waals surface area contributed by atoms with Gasteiger partial charge in [0.15, 0.2) is 4.83 Å². The molecule has 2 aromatic heterocycles. The minimum atomic E-state index is -0.522. The van der Waals surface area contributed by atoms with Crippen LogP contribution in [0.15, 0.2) is 29.1 Å². The topological polar surface area (TPSA) is 103 Å². The summed E-state index contributed by atoms with van der Waals surface area (Å²) in [4.78, 5) is 39.5. The normalized spacial score (nSPS) is 15.6. The third-order valence-corrected chi connectivity index (χ3v) is 6.31. The van der Waals surface area contributed by atoms with Crippen molar-refractivity contribution in [1.82, 2.24) is 15.0 Å². The predicted octanol–water partition coefficient (Wildman–Crippen LogP) is 2.79. The zero-order chi connectivity index (χ0) is 21.3. The van der Waals surface area contributed by atoms with Crippen LogP contribution in [0.2, 0.25) is 0 Å². The number of benzene rings is 1. The van der Waals surface area contributed by atoms with Gasteiger partial charge >= 0.3 is 5.97 Å². The SMILES string of the molecule is CCOC(=O)c1ccccc1NC(=O)Cn1nnc2sc3c(c2c1=O)CCC(C)C3. The van der Waals surface area contributed by atoms with Gasteiger partial charge in [-0.15, -0.1) is 16.4 Å². The number of rotatable bonds is 5. The van der Waals surface area contributed by atoms with Crippen LogP contribution in [0.4, 0.5) is 5.69 Å². The van der Waals surface area contributed by atoms with Crippen LogP contribution in [0.1, 0.15) is 41.1 Å². The first-order valence-electron chi connectivity index (χ1n) is 9.92. The molecule has 9 heteroatoms. The lowest BCUT2D eigenvalue weighted by Crippen LogP contribution is -2.31. The Morgan fingerprint density at radius 3 is 2.93 bits per heavy atom. The molecule has 1 aliphatic carbocycles. The van der Waals surface area contributed by atoms with Crippen molar-refractivity contribution >= 4 is 39.1 Å². The van der Waals surface area contributed by atoms with Crippen LogP contribution >= 0.6 is 11.3 Å². The second kappa shape index (κ2) is 8.35. The zero-order valence-electron chi connectivity index (χ0n) is 16.8. The third kappa shape index (κ3) is 3.85. The van der Waals surface area contributed by atoms with Crippen LogP contribution in [-0.4, -0.2) is 33.5 Å². The first-order valence-corrected chi connectivity index (χ1v) is 10.7. The molecule has 0 aliphatic heterocycles. The van der Waals surface area contributed by atoms with Gasteiger partial charge < -0.3 is 10.1 Å². The van der Waals surface area contributed by atoms with Gasteiger partial charge in [-0.25, -0.2) is 9.48 Å². The van der Waals surface area contributed by atoms with Gasteiger partial charge in [-0.2, -0.15) is 0 Å². The first kappa shape index (κ1) is 20.2. The van der Waals surface area contributed by atoms with Crippen molar-refractivity contribution in [2.24, 2.45) is 5.92 Å². The fraction of sp³-hybridized carbons (Fsp3) is 0.381. The molecule has 1 atom stereocenters. The number of fused-ring (bicyclic) bond motifs is 3. The summed E-state index contributed by atoms with van der Waals surface area (Å²) in [5, 5.41) is 11.4. The van der Waals surface area contributed by atoms with E-state index in [1.165, 1.54) is 16.2 Å². The highest BCUT2D eigenvalue weighted by Gasteiger charge is 2.24. The van der Waals surface area contributed by atoms with Crippen LogP contribution < -0.4 is 10.9 Å². The van der Waals surface area contributed by atoms with Gasteiger partial charge in [0, 0.05) is 4.88 Å². The van der Waals surface area contributed by atoms with E-state index in [0.717, 1.165) is 29.5 Å². The van der Waals surface area contributed by atoms with E-state index in [4.69, 9.17) is 4.74 Å². The number of aromatic nitrogens is 3.